The highest BCUT2D eigenvalue weighted by Gasteiger charge is 2.08. The minimum absolute atomic E-state index is 0.356. The Morgan fingerprint density at radius 2 is 1.79 bits per heavy atom. The molecule has 0 spiro atoms. The van der Waals surface area contributed by atoms with Crippen molar-refractivity contribution in [2.45, 2.75) is 6.92 Å². The summed E-state index contributed by atoms with van der Waals surface area (Å²) in [5, 5.41) is 0. The van der Waals surface area contributed by atoms with E-state index in [0.29, 0.717) is 5.56 Å². The molecule has 0 saturated heterocycles. The number of esters is 1. The molecule has 0 aliphatic rings. The lowest BCUT2D eigenvalue weighted by Crippen LogP contribution is -2.04. The van der Waals surface area contributed by atoms with Crippen molar-refractivity contribution in [1.82, 2.24) is 0 Å². The number of benzene rings is 2. The Hall–Kier alpha value is -2.42. The maximum absolute atomic E-state index is 11.6. The maximum Gasteiger partial charge on any atom is 0.338 e. The molecule has 2 aromatic carbocycles. The molecule has 0 saturated carbocycles. The lowest BCUT2D eigenvalue weighted by atomic mass is 10.1. The number of nitrogens with zero attached hydrogens (tertiary/aromatic N) is 1. The topological polar surface area (TPSA) is 38.7 Å². The fourth-order valence-corrected chi connectivity index (χ4v) is 1.68. The van der Waals surface area contributed by atoms with Crippen LogP contribution in [-0.4, -0.2) is 19.3 Å². The standard InChI is InChI=1S/C16H15NO2/c1-12-7-9-14(10-8-12)17-11-13-5-3-4-6-15(13)16(18)19-2/h3-11H,1-2H3. The van der Waals surface area contributed by atoms with Gasteiger partial charge in [-0.1, -0.05) is 35.9 Å². The maximum atomic E-state index is 11.6. The normalized spacial score (nSPS) is 10.6. The molecule has 0 bridgehead atoms. The van der Waals surface area contributed by atoms with Gasteiger partial charge in [0.25, 0.3) is 0 Å². The van der Waals surface area contributed by atoms with Crippen LogP contribution in [0, 0.1) is 6.92 Å². The molecule has 2 rings (SSSR count). The van der Waals surface area contributed by atoms with Crippen molar-refractivity contribution in [3.8, 4) is 0 Å². The van der Waals surface area contributed by atoms with E-state index in [1.54, 1.807) is 18.3 Å². The molecule has 0 heterocycles. The van der Waals surface area contributed by atoms with E-state index < -0.39 is 0 Å². The van der Waals surface area contributed by atoms with E-state index >= 15 is 0 Å². The lowest BCUT2D eigenvalue weighted by Gasteiger charge is -2.02. The minimum Gasteiger partial charge on any atom is -0.465 e. The van der Waals surface area contributed by atoms with E-state index in [-0.39, 0.29) is 5.97 Å². The summed E-state index contributed by atoms with van der Waals surface area (Å²) in [4.78, 5) is 16.0. The molecule has 0 radical (unpaired) electrons. The second kappa shape index (κ2) is 5.96. The summed E-state index contributed by atoms with van der Waals surface area (Å²) in [6.07, 6.45) is 1.68. The fourth-order valence-electron chi connectivity index (χ4n) is 1.68. The molecule has 96 valence electrons. The van der Waals surface area contributed by atoms with Crippen LogP contribution in [0.5, 0.6) is 0 Å². The molecule has 0 aromatic heterocycles. The summed E-state index contributed by atoms with van der Waals surface area (Å²) < 4.78 is 4.74. The molecule has 0 aliphatic carbocycles. The minimum atomic E-state index is -0.356. The third-order valence-electron chi connectivity index (χ3n) is 2.75. The number of methoxy groups -OCH3 is 1. The van der Waals surface area contributed by atoms with E-state index in [1.165, 1.54) is 12.7 Å². The smallest absolute Gasteiger partial charge is 0.338 e. The number of hydrogen-bond donors (Lipinski definition) is 0. The first-order valence-corrected chi connectivity index (χ1v) is 5.99. The Labute approximate surface area is 112 Å². The third-order valence-corrected chi connectivity index (χ3v) is 2.75. The summed E-state index contributed by atoms with van der Waals surface area (Å²) in [6.45, 7) is 2.03. The molecule has 0 unspecified atom stereocenters. The molecule has 19 heavy (non-hydrogen) atoms. The van der Waals surface area contributed by atoms with Crippen molar-refractivity contribution < 1.29 is 9.53 Å². The summed E-state index contributed by atoms with van der Waals surface area (Å²) in [5.74, 6) is -0.356. The lowest BCUT2D eigenvalue weighted by molar-refractivity contribution is 0.0600. The predicted octanol–water partition coefficient (Wildman–Crippen LogP) is 3.53. The van der Waals surface area contributed by atoms with E-state index in [2.05, 4.69) is 4.99 Å². The summed E-state index contributed by atoms with van der Waals surface area (Å²) >= 11 is 0. The molecular formula is C16H15NO2. The molecule has 0 atom stereocenters. The highest BCUT2D eigenvalue weighted by Crippen LogP contribution is 2.14. The average Bonchev–Trinajstić information content (AvgIpc) is 2.46. The fraction of sp³-hybridized carbons (Fsp3) is 0.125. The Kier molecular flexibility index (Phi) is 4.08. The zero-order valence-corrected chi connectivity index (χ0v) is 11.0. The molecule has 0 N–H and O–H groups in total. The highest BCUT2D eigenvalue weighted by atomic mass is 16.5. The van der Waals surface area contributed by atoms with Crippen LogP contribution in [0.3, 0.4) is 0 Å². The second-order valence-corrected chi connectivity index (χ2v) is 4.17. The number of aliphatic imine (C=N–C) groups is 1. The van der Waals surface area contributed by atoms with Crippen LogP contribution in [0.1, 0.15) is 21.5 Å². The Balaban J connectivity index is 2.28. The van der Waals surface area contributed by atoms with Gasteiger partial charge in [-0.3, -0.25) is 4.99 Å². The SMILES string of the molecule is COC(=O)c1ccccc1C=Nc1ccc(C)cc1. The Morgan fingerprint density at radius 1 is 1.11 bits per heavy atom. The van der Waals surface area contributed by atoms with Crippen LogP contribution < -0.4 is 0 Å². The Morgan fingerprint density at radius 3 is 2.47 bits per heavy atom. The monoisotopic (exact) mass is 253 g/mol. The number of carbonyl (C=O) groups is 1. The van der Waals surface area contributed by atoms with E-state index in [4.69, 9.17) is 4.74 Å². The zero-order chi connectivity index (χ0) is 13.7. The molecule has 2 aromatic rings. The number of hydrogen-bond acceptors (Lipinski definition) is 3. The van der Waals surface area contributed by atoms with Gasteiger partial charge < -0.3 is 4.74 Å². The Bertz CT molecular complexity index is 600. The third kappa shape index (κ3) is 3.28. The number of rotatable bonds is 3. The quantitative estimate of drug-likeness (QED) is 0.620. The van der Waals surface area contributed by atoms with Gasteiger partial charge in [-0.2, -0.15) is 0 Å². The summed E-state index contributed by atoms with van der Waals surface area (Å²) in [6, 6.07) is 15.1. The summed E-state index contributed by atoms with van der Waals surface area (Å²) in [5.41, 5.74) is 3.30. The van der Waals surface area contributed by atoms with Gasteiger partial charge in [0, 0.05) is 11.8 Å². The van der Waals surface area contributed by atoms with Gasteiger partial charge in [0.2, 0.25) is 0 Å². The van der Waals surface area contributed by atoms with Crippen molar-refractivity contribution in [3.63, 3.8) is 0 Å². The van der Waals surface area contributed by atoms with E-state index in [9.17, 15) is 4.79 Å². The van der Waals surface area contributed by atoms with Gasteiger partial charge in [0.15, 0.2) is 0 Å². The summed E-state index contributed by atoms with van der Waals surface area (Å²) in [7, 11) is 1.37. The van der Waals surface area contributed by atoms with Crippen molar-refractivity contribution in [2.75, 3.05) is 7.11 Å². The first kappa shape index (κ1) is 13.0. The molecular weight excluding hydrogens is 238 g/mol. The first-order valence-electron chi connectivity index (χ1n) is 5.99. The number of carbonyl (C=O) groups excluding carboxylic acids is 1. The average molecular weight is 253 g/mol. The molecule has 0 amide bonds. The van der Waals surface area contributed by atoms with Crippen LogP contribution in [0.15, 0.2) is 53.5 Å². The number of aryl methyl sites for hydroxylation is 1. The van der Waals surface area contributed by atoms with Gasteiger partial charge in [-0.05, 0) is 25.1 Å². The molecule has 3 heteroatoms. The predicted molar refractivity (Wildman–Crippen MR) is 76.2 cm³/mol. The molecule has 0 fully saturated rings. The van der Waals surface area contributed by atoms with Gasteiger partial charge >= 0.3 is 5.97 Å². The van der Waals surface area contributed by atoms with Crippen molar-refractivity contribution in [3.05, 3.63) is 65.2 Å². The van der Waals surface area contributed by atoms with Crippen LogP contribution >= 0.6 is 0 Å². The van der Waals surface area contributed by atoms with E-state index in [0.717, 1.165) is 11.3 Å². The van der Waals surface area contributed by atoms with Crippen molar-refractivity contribution in [1.29, 1.82) is 0 Å². The van der Waals surface area contributed by atoms with Crippen molar-refractivity contribution >= 4 is 17.9 Å². The first-order chi connectivity index (χ1) is 9.20. The second-order valence-electron chi connectivity index (χ2n) is 4.17. The van der Waals surface area contributed by atoms with Crippen LogP contribution in [0.4, 0.5) is 5.69 Å². The molecule has 3 nitrogen and oxygen atoms in total. The molecule has 0 aliphatic heterocycles. The number of ether oxygens (including phenoxy) is 1. The highest BCUT2D eigenvalue weighted by molar-refractivity contribution is 5.99. The van der Waals surface area contributed by atoms with Crippen LogP contribution in [0.2, 0.25) is 0 Å². The van der Waals surface area contributed by atoms with Crippen LogP contribution in [0.25, 0.3) is 0 Å². The zero-order valence-electron chi connectivity index (χ0n) is 11.0. The van der Waals surface area contributed by atoms with Crippen molar-refractivity contribution in [2.24, 2.45) is 4.99 Å². The van der Waals surface area contributed by atoms with Crippen LogP contribution in [-0.2, 0) is 4.74 Å². The van der Waals surface area contributed by atoms with Gasteiger partial charge in [-0.25, -0.2) is 4.79 Å². The van der Waals surface area contributed by atoms with Gasteiger partial charge in [0.1, 0.15) is 0 Å². The van der Waals surface area contributed by atoms with Gasteiger partial charge in [-0.15, -0.1) is 0 Å². The largest absolute Gasteiger partial charge is 0.465 e. The van der Waals surface area contributed by atoms with E-state index in [1.807, 2.05) is 43.3 Å². The van der Waals surface area contributed by atoms with Gasteiger partial charge in [0.05, 0.1) is 18.4 Å².